The molecule has 1 amide bonds. The van der Waals surface area contributed by atoms with Crippen molar-refractivity contribution in [2.75, 3.05) is 30.4 Å². The normalized spacial score (nSPS) is 19.7. The van der Waals surface area contributed by atoms with Crippen LogP contribution in [0.15, 0.2) is 6.07 Å². The zero-order chi connectivity index (χ0) is 13.3. The lowest BCUT2D eigenvalue weighted by Crippen LogP contribution is -2.54. The maximum absolute atomic E-state index is 11.6. The Morgan fingerprint density at radius 3 is 2.89 bits per heavy atom. The number of aromatic nitrogens is 1. The van der Waals surface area contributed by atoms with Crippen LogP contribution in [0.3, 0.4) is 0 Å². The fraction of sp³-hybridized carbons (Fsp3) is 0.455. The van der Waals surface area contributed by atoms with Gasteiger partial charge in [-0.05, 0) is 13.0 Å². The van der Waals surface area contributed by atoms with Crippen LogP contribution in [0.2, 0.25) is 10.0 Å². The molecule has 2 heterocycles. The predicted octanol–water partition coefficient (Wildman–Crippen LogP) is 1.75. The van der Waals surface area contributed by atoms with Gasteiger partial charge in [0.25, 0.3) is 0 Å². The van der Waals surface area contributed by atoms with Crippen LogP contribution < -0.4 is 15.5 Å². The van der Waals surface area contributed by atoms with E-state index in [4.69, 9.17) is 23.2 Å². The zero-order valence-corrected chi connectivity index (χ0v) is 11.6. The molecule has 18 heavy (non-hydrogen) atoms. The summed E-state index contributed by atoms with van der Waals surface area (Å²) in [6, 6.07) is 1.34. The van der Waals surface area contributed by atoms with E-state index in [0.717, 1.165) is 0 Å². The maximum Gasteiger partial charge on any atom is 0.242 e. The number of hydrogen-bond donors (Lipinski definition) is 2. The number of hydrogen-bond acceptors (Lipinski definition) is 4. The molecule has 0 spiro atoms. The molecule has 7 heteroatoms. The van der Waals surface area contributed by atoms with Crippen molar-refractivity contribution in [3.63, 3.8) is 0 Å². The topological polar surface area (TPSA) is 57.3 Å². The quantitative estimate of drug-likeness (QED) is 0.871. The zero-order valence-electron chi connectivity index (χ0n) is 10.1. The van der Waals surface area contributed by atoms with Crippen molar-refractivity contribution in [2.24, 2.45) is 0 Å². The number of piperazine rings is 1. The van der Waals surface area contributed by atoms with Crippen LogP contribution in [0.25, 0.3) is 0 Å². The minimum absolute atomic E-state index is 0.0277. The Hall–Kier alpha value is -1.20. The van der Waals surface area contributed by atoms with Crippen LogP contribution in [-0.2, 0) is 4.79 Å². The number of pyridine rings is 1. The van der Waals surface area contributed by atoms with Gasteiger partial charge in [0, 0.05) is 20.1 Å². The highest BCUT2D eigenvalue weighted by molar-refractivity contribution is 6.37. The molecule has 0 aromatic carbocycles. The van der Waals surface area contributed by atoms with Gasteiger partial charge in [-0.2, -0.15) is 0 Å². The van der Waals surface area contributed by atoms with Gasteiger partial charge in [-0.15, -0.1) is 0 Å². The highest BCUT2D eigenvalue weighted by Crippen LogP contribution is 2.32. The number of carbonyl (C=O) groups is 1. The molecule has 0 aliphatic carbocycles. The Labute approximate surface area is 115 Å². The van der Waals surface area contributed by atoms with Crippen LogP contribution in [-0.4, -0.2) is 37.1 Å². The summed E-state index contributed by atoms with van der Waals surface area (Å²) in [5.74, 6) is 1.10. The number of halogens is 2. The number of anilines is 2. The first-order chi connectivity index (χ1) is 8.54. The van der Waals surface area contributed by atoms with E-state index in [1.54, 1.807) is 13.1 Å². The molecule has 0 saturated carbocycles. The van der Waals surface area contributed by atoms with Crippen molar-refractivity contribution in [3.05, 3.63) is 16.1 Å². The Morgan fingerprint density at radius 1 is 1.50 bits per heavy atom. The number of nitrogens with one attached hydrogen (secondary N) is 2. The van der Waals surface area contributed by atoms with Crippen LogP contribution in [0.4, 0.5) is 11.6 Å². The van der Waals surface area contributed by atoms with Gasteiger partial charge in [0.1, 0.15) is 11.9 Å². The molecule has 1 atom stereocenters. The average molecular weight is 289 g/mol. The van der Waals surface area contributed by atoms with Gasteiger partial charge < -0.3 is 15.5 Å². The van der Waals surface area contributed by atoms with Gasteiger partial charge >= 0.3 is 0 Å². The molecule has 1 aromatic rings. The molecule has 98 valence electrons. The SMILES string of the molecule is CNc1nc(N2CCNC(=O)C2C)c(Cl)cc1Cl. The van der Waals surface area contributed by atoms with Crippen molar-refractivity contribution >= 4 is 40.7 Å². The number of nitrogens with zero attached hydrogens (tertiary/aromatic N) is 2. The second kappa shape index (κ2) is 5.20. The fourth-order valence-electron chi connectivity index (χ4n) is 1.91. The molecule has 1 fully saturated rings. The third-order valence-corrected chi connectivity index (χ3v) is 3.48. The molecule has 1 aliphatic rings. The minimum atomic E-state index is -0.297. The van der Waals surface area contributed by atoms with Gasteiger partial charge in [0.2, 0.25) is 5.91 Å². The van der Waals surface area contributed by atoms with E-state index >= 15 is 0 Å². The van der Waals surface area contributed by atoms with Crippen LogP contribution in [0.1, 0.15) is 6.92 Å². The Morgan fingerprint density at radius 2 is 2.22 bits per heavy atom. The Bertz CT molecular complexity index is 480. The Balaban J connectivity index is 2.40. The van der Waals surface area contributed by atoms with E-state index in [2.05, 4.69) is 15.6 Å². The molecule has 0 radical (unpaired) electrons. The van der Waals surface area contributed by atoms with E-state index < -0.39 is 0 Å². The maximum atomic E-state index is 11.6. The molecule has 1 unspecified atom stereocenters. The summed E-state index contributed by atoms with van der Waals surface area (Å²) < 4.78 is 0. The predicted molar refractivity (Wildman–Crippen MR) is 73.6 cm³/mol. The van der Waals surface area contributed by atoms with Gasteiger partial charge in [0.05, 0.1) is 10.0 Å². The van der Waals surface area contributed by atoms with Crippen molar-refractivity contribution in [1.82, 2.24) is 10.3 Å². The lowest BCUT2D eigenvalue weighted by atomic mass is 10.2. The first-order valence-corrected chi connectivity index (χ1v) is 6.38. The van der Waals surface area contributed by atoms with Crippen LogP contribution in [0, 0.1) is 0 Å². The average Bonchev–Trinajstić information content (AvgIpc) is 2.34. The molecule has 1 aromatic heterocycles. The highest BCUT2D eigenvalue weighted by atomic mass is 35.5. The third-order valence-electron chi connectivity index (χ3n) is 2.92. The molecule has 1 aliphatic heterocycles. The molecule has 2 N–H and O–H groups in total. The van der Waals surface area contributed by atoms with E-state index in [9.17, 15) is 4.79 Å². The summed E-state index contributed by atoms with van der Waals surface area (Å²) in [4.78, 5) is 17.9. The summed E-state index contributed by atoms with van der Waals surface area (Å²) in [5.41, 5.74) is 0. The number of rotatable bonds is 2. The molecule has 2 rings (SSSR count). The van der Waals surface area contributed by atoms with Crippen molar-refractivity contribution < 1.29 is 4.79 Å². The molecule has 5 nitrogen and oxygen atoms in total. The van der Waals surface area contributed by atoms with Crippen molar-refractivity contribution in [2.45, 2.75) is 13.0 Å². The lowest BCUT2D eigenvalue weighted by molar-refractivity contribution is -0.122. The smallest absolute Gasteiger partial charge is 0.242 e. The van der Waals surface area contributed by atoms with Gasteiger partial charge in [-0.3, -0.25) is 4.79 Å². The monoisotopic (exact) mass is 288 g/mol. The summed E-state index contributed by atoms with van der Waals surface area (Å²) in [6.45, 7) is 3.07. The van der Waals surface area contributed by atoms with Gasteiger partial charge in [-0.25, -0.2) is 4.98 Å². The molecule has 0 bridgehead atoms. The Kier molecular flexibility index (Phi) is 3.82. The van der Waals surface area contributed by atoms with E-state index in [0.29, 0.717) is 34.8 Å². The third kappa shape index (κ3) is 2.33. The lowest BCUT2D eigenvalue weighted by Gasteiger charge is -2.34. The summed E-state index contributed by atoms with van der Waals surface area (Å²) in [5, 5.41) is 6.60. The first kappa shape index (κ1) is 13.2. The van der Waals surface area contributed by atoms with E-state index in [1.807, 2.05) is 11.8 Å². The van der Waals surface area contributed by atoms with Crippen LogP contribution in [0.5, 0.6) is 0 Å². The molecular formula is C11H14Cl2N4O. The van der Waals surface area contributed by atoms with Crippen molar-refractivity contribution in [3.8, 4) is 0 Å². The van der Waals surface area contributed by atoms with Gasteiger partial charge in [-0.1, -0.05) is 23.2 Å². The van der Waals surface area contributed by atoms with E-state index in [-0.39, 0.29) is 11.9 Å². The largest absolute Gasteiger partial charge is 0.372 e. The van der Waals surface area contributed by atoms with Crippen molar-refractivity contribution in [1.29, 1.82) is 0 Å². The summed E-state index contributed by atoms with van der Waals surface area (Å²) in [6.07, 6.45) is 0. The summed E-state index contributed by atoms with van der Waals surface area (Å²) >= 11 is 12.2. The second-order valence-corrected chi connectivity index (χ2v) is 4.85. The highest BCUT2D eigenvalue weighted by Gasteiger charge is 2.28. The second-order valence-electron chi connectivity index (χ2n) is 4.03. The minimum Gasteiger partial charge on any atom is -0.372 e. The number of amides is 1. The molecular weight excluding hydrogens is 275 g/mol. The standard InChI is InChI=1S/C11H14Cl2N4O/c1-6-11(18)15-3-4-17(6)10-8(13)5-7(12)9(14-2)16-10/h5-6H,3-4H2,1-2H3,(H,14,16)(H,15,18). The molecule has 1 saturated heterocycles. The number of carbonyl (C=O) groups excluding carboxylic acids is 1. The first-order valence-electron chi connectivity index (χ1n) is 5.62. The fourth-order valence-corrected chi connectivity index (χ4v) is 2.47. The summed E-state index contributed by atoms with van der Waals surface area (Å²) in [7, 11) is 1.73. The van der Waals surface area contributed by atoms with Crippen LogP contribution >= 0.6 is 23.2 Å². The van der Waals surface area contributed by atoms with Gasteiger partial charge in [0.15, 0.2) is 5.82 Å². The van der Waals surface area contributed by atoms with E-state index in [1.165, 1.54) is 0 Å².